The van der Waals surface area contributed by atoms with Crippen LogP contribution in [-0.4, -0.2) is 16.7 Å². The van der Waals surface area contributed by atoms with Gasteiger partial charge in [-0.05, 0) is 17.7 Å². The predicted octanol–water partition coefficient (Wildman–Crippen LogP) is 1.73. The molecule has 0 heterocycles. The molecule has 0 radical (unpaired) electrons. The van der Waals surface area contributed by atoms with Gasteiger partial charge in [0, 0.05) is 11.1 Å². The van der Waals surface area contributed by atoms with Gasteiger partial charge in [-0.2, -0.15) is 5.26 Å². The van der Waals surface area contributed by atoms with Crippen LogP contribution in [0.5, 0.6) is 0 Å². The van der Waals surface area contributed by atoms with Crippen LogP contribution >= 0.6 is 0 Å². The van der Waals surface area contributed by atoms with Gasteiger partial charge in [0.1, 0.15) is 11.1 Å². The molecule has 0 aromatic heterocycles. The molecule has 0 saturated carbocycles. The monoisotopic (exact) mass is 236 g/mol. The Labute approximate surface area is 103 Å². The van der Waals surface area contributed by atoms with Crippen molar-refractivity contribution in [1.29, 1.82) is 5.26 Å². The van der Waals surface area contributed by atoms with Crippen LogP contribution in [0.15, 0.2) is 58.8 Å². The third-order valence-corrected chi connectivity index (χ3v) is 3.31. The van der Waals surface area contributed by atoms with Gasteiger partial charge < -0.3 is 5.21 Å². The number of oxime groups is 1. The quantitative estimate of drug-likeness (QED) is 0.458. The summed E-state index contributed by atoms with van der Waals surface area (Å²) in [5, 5.41) is 21.5. The molecule has 1 atom stereocenters. The van der Waals surface area contributed by atoms with Crippen LogP contribution in [0.25, 0.3) is 0 Å². The molecule has 0 aliphatic heterocycles. The summed E-state index contributed by atoms with van der Waals surface area (Å²) >= 11 is 0. The number of ketones is 1. The molecular formula is C14H8N2O2. The Bertz CT molecular complexity index is 677. The van der Waals surface area contributed by atoms with Crippen molar-refractivity contribution in [1.82, 2.24) is 0 Å². The van der Waals surface area contributed by atoms with Gasteiger partial charge in [-0.25, -0.2) is 0 Å². The molecule has 0 saturated heterocycles. The van der Waals surface area contributed by atoms with E-state index in [1.165, 1.54) is 12.2 Å². The molecule has 1 unspecified atom stereocenters. The van der Waals surface area contributed by atoms with E-state index in [-0.39, 0.29) is 11.5 Å². The second-order valence-corrected chi connectivity index (χ2v) is 4.16. The van der Waals surface area contributed by atoms with Crippen molar-refractivity contribution in [3.63, 3.8) is 0 Å². The lowest BCUT2D eigenvalue weighted by Gasteiger charge is -2.09. The molecule has 86 valence electrons. The zero-order valence-corrected chi connectivity index (χ0v) is 9.29. The molecule has 0 fully saturated rings. The van der Waals surface area contributed by atoms with Crippen LogP contribution in [0, 0.1) is 11.3 Å². The predicted molar refractivity (Wildman–Crippen MR) is 64.1 cm³/mol. The first-order valence-corrected chi connectivity index (χ1v) is 5.42. The van der Waals surface area contributed by atoms with E-state index in [0.717, 1.165) is 5.56 Å². The van der Waals surface area contributed by atoms with Crippen molar-refractivity contribution in [2.75, 3.05) is 0 Å². The number of allylic oxidation sites excluding steroid dienone is 4. The highest BCUT2D eigenvalue weighted by atomic mass is 16.4. The van der Waals surface area contributed by atoms with E-state index in [9.17, 15) is 10.1 Å². The van der Waals surface area contributed by atoms with Gasteiger partial charge in [-0.3, -0.25) is 4.79 Å². The zero-order chi connectivity index (χ0) is 12.8. The van der Waals surface area contributed by atoms with Gasteiger partial charge in [-0.15, -0.1) is 0 Å². The molecule has 0 amide bonds. The summed E-state index contributed by atoms with van der Waals surface area (Å²) in [5.41, 5.74) is 0.923. The summed E-state index contributed by atoms with van der Waals surface area (Å²) < 4.78 is 0. The minimum Gasteiger partial charge on any atom is -0.410 e. The summed E-state index contributed by atoms with van der Waals surface area (Å²) in [6, 6.07) is 11.2. The summed E-state index contributed by atoms with van der Waals surface area (Å²) in [6.07, 6.45) is 2.76. The lowest BCUT2D eigenvalue weighted by Crippen LogP contribution is -2.14. The largest absolute Gasteiger partial charge is 0.410 e. The Kier molecular flexibility index (Phi) is 1.99. The smallest absolute Gasteiger partial charge is 0.184 e. The summed E-state index contributed by atoms with van der Waals surface area (Å²) in [7, 11) is 0. The number of carbonyl (C=O) groups is 1. The maximum atomic E-state index is 11.8. The summed E-state index contributed by atoms with van der Waals surface area (Å²) in [6.45, 7) is 0. The van der Waals surface area contributed by atoms with Crippen LogP contribution < -0.4 is 0 Å². The highest BCUT2D eigenvalue weighted by molar-refractivity contribution is 6.32. The van der Waals surface area contributed by atoms with Crippen LogP contribution in [0.3, 0.4) is 0 Å². The van der Waals surface area contributed by atoms with E-state index in [4.69, 9.17) is 5.21 Å². The second kappa shape index (κ2) is 3.41. The summed E-state index contributed by atoms with van der Waals surface area (Å²) in [5.74, 6) is -0.192. The number of nitriles is 1. The first kappa shape index (κ1) is 10.5. The van der Waals surface area contributed by atoms with Gasteiger partial charge in [0.25, 0.3) is 0 Å². The Hall–Kier alpha value is -2.67. The van der Waals surface area contributed by atoms with E-state index in [1.54, 1.807) is 12.1 Å². The molecular weight excluding hydrogens is 228 g/mol. The standard InChI is InChI=1S/C14H8N2O2/c15-8-14(9-4-2-1-3-5-9)12-10(16-18)6-7-11(17)13(12)14/h1-7,18H. The normalized spacial score (nSPS) is 27.1. The third kappa shape index (κ3) is 1.08. The molecule has 1 N–H and O–H groups in total. The van der Waals surface area contributed by atoms with E-state index < -0.39 is 5.41 Å². The SMILES string of the molecule is N#CC1(c2ccccc2)C2=C1C(=NO)C=CC2=O. The summed E-state index contributed by atoms with van der Waals surface area (Å²) in [4.78, 5) is 11.8. The molecule has 0 spiro atoms. The number of benzene rings is 1. The van der Waals surface area contributed by atoms with Gasteiger partial charge in [0.2, 0.25) is 0 Å². The minimum atomic E-state index is -1.04. The molecule has 2 aliphatic rings. The van der Waals surface area contributed by atoms with Crippen LogP contribution in [0.1, 0.15) is 5.56 Å². The fourth-order valence-electron chi connectivity index (χ4n) is 2.47. The van der Waals surface area contributed by atoms with Crippen LogP contribution in [0.4, 0.5) is 0 Å². The second-order valence-electron chi connectivity index (χ2n) is 4.16. The Balaban J connectivity index is 2.16. The first-order valence-electron chi connectivity index (χ1n) is 5.42. The zero-order valence-electron chi connectivity index (χ0n) is 9.29. The van der Waals surface area contributed by atoms with Gasteiger partial charge in [0.15, 0.2) is 5.78 Å². The maximum Gasteiger partial charge on any atom is 0.184 e. The van der Waals surface area contributed by atoms with Gasteiger partial charge in [-0.1, -0.05) is 35.5 Å². The van der Waals surface area contributed by atoms with E-state index in [1.807, 2.05) is 18.2 Å². The van der Waals surface area contributed by atoms with Crippen LogP contribution in [-0.2, 0) is 10.2 Å². The number of nitrogens with zero attached hydrogens (tertiary/aromatic N) is 2. The lowest BCUT2D eigenvalue weighted by molar-refractivity contribution is -0.111. The average molecular weight is 236 g/mol. The van der Waals surface area contributed by atoms with Crippen molar-refractivity contribution in [2.45, 2.75) is 5.41 Å². The van der Waals surface area contributed by atoms with Gasteiger partial charge in [0.05, 0.1) is 6.07 Å². The fourth-order valence-corrected chi connectivity index (χ4v) is 2.47. The van der Waals surface area contributed by atoms with Crippen molar-refractivity contribution in [3.05, 3.63) is 59.2 Å². The lowest BCUT2D eigenvalue weighted by atomic mass is 9.88. The number of carbonyl (C=O) groups excluding carboxylic acids is 1. The Morgan fingerprint density at radius 3 is 2.50 bits per heavy atom. The third-order valence-electron chi connectivity index (χ3n) is 3.31. The Morgan fingerprint density at radius 2 is 1.89 bits per heavy atom. The molecule has 1 aromatic rings. The van der Waals surface area contributed by atoms with Gasteiger partial charge >= 0.3 is 0 Å². The number of hydrogen-bond acceptors (Lipinski definition) is 4. The molecule has 18 heavy (non-hydrogen) atoms. The highest BCUT2D eigenvalue weighted by Gasteiger charge is 2.60. The van der Waals surface area contributed by atoms with E-state index in [2.05, 4.69) is 11.2 Å². The van der Waals surface area contributed by atoms with E-state index >= 15 is 0 Å². The minimum absolute atomic E-state index is 0.192. The van der Waals surface area contributed by atoms with E-state index in [0.29, 0.717) is 11.1 Å². The van der Waals surface area contributed by atoms with Crippen molar-refractivity contribution in [3.8, 4) is 6.07 Å². The molecule has 4 nitrogen and oxygen atoms in total. The van der Waals surface area contributed by atoms with Crippen molar-refractivity contribution >= 4 is 11.5 Å². The number of hydrogen-bond donors (Lipinski definition) is 1. The topological polar surface area (TPSA) is 73.4 Å². The van der Waals surface area contributed by atoms with Crippen molar-refractivity contribution in [2.24, 2.45) is 5.16 Å². The maximum absolute atomic E-state index is 11.8. The van der Waals surface area contributed by atoms with Crippen molar-refractivity contribution < 1.29 is 10.0 Å². The number of rotatable bonds is 1. The van der Waals surface area contributed by atoms with Crippen LogP contribution in [0.2, 0.25) is 0 Å². The Morgan fingerprint density at radius 1 is 1.17 bits per heavy atom. The molecule has 0 bridgehead atoms. The molecule has 2 aliphatic carbocycles. The highest BCUT2D eigenvalue weighted by Crippen LogP contribution is 2.56. The fraction of sp³-hybridized carbons (Fsp3) is 0.0714. The molecule has 4 heteroatoms. The average Bonchev–Trinajstić information content (AvgIpc) is 3.12. The molecule has 1 aromatic carbocycles. The molecule has 3 rings (SSSR count). The first-order chi connectivity index (χ1) is 8.75.